The van der Waals surface area contributed by atoms with Gasteiger partial charge in [-0.15, -0.1) is 0 Å². The Labute approximate surface area is 118 Å². The molecule has 0 amide bonds. The molecular weight excluding hydrogens is 247 g/mol. The Morgan fingerprint density at radius 3 is 2.06 bits per heavy atom. The van der Waals surface area contributed by atoms with Crippen LogP contribution in [0, 0.1) is 0 Å². The predicted molar refractivity (Wildman–Crippen MR) is 54.0 cm³/mol. The largest absolute Gasteiger partial charge is 1.00 e. The van der Waals surface area contributed by atoms with Crippen LogP contribution in [0.15, 0.2) is 30.3 Å². The number of para-hydroxylation sites is 1. The van der Waals surface area contributed by atoms with E-state index in [0.29, 0.717) is 6.61 Å². The van der Waals surface area contributed by atoms with Gasteiger partial charge in [0, 0.05) is 0 Å². The molecule has 0 unspecified atom stereocenters. The Bertz CT molecular complexity index is 350. The maximum atomic E-state index is 8.74. The van der Waals surface area contributed by atoms with Crippen molar-refractivity contribution < 1.29 is 58.3 Å². The van der Waals surface area contributed by atoms with Gasteiger partial charge in [-0.05, 0) is 19.1 Å². The molecule has 0 atom stereocenters. The van der Waals surface area contributed by atoms with Crippen molar-refractivity contribution in [3.8, 4) is 5.75 Å². The summed E-state index contributed by atoms with van der Waals surface area (Å²) in [5.41, 5.74) is 0. The van der Waals surface area contributed by atoms with Gasteiger partial charge in [-0.25, -0.2) is 0 Å². The first kappa shape index (κ1) is 18.2. The molecule has 0 aliphatic heterocycles. The van der Waals surface area contributed by atoms with Crippen molar-refractivity contribution in [2.75, 3.05) is 6.61 Å². The number of rotatable bonds is 3. The number of hydrogen-bond acceptors (Lipinski definition) is 4. The van der Waals surface area contributed by atoms with Crippen LogP contribution in [-0.4, -0.2) is 24.1 Å². The zero-order valence-electron chi connectivity index (χ0n) is 10.0. The molecule has 88 valence electrons. The second kappa shape index (κ2) is 10.0. The topological polar surface area (TPSA) is 93.1 Å². The molecule has 0 saturated heterocycles. The SMILES string of the molecule is CCOOc1ccccc1.O=S(=O)(O)O.[H-].[Na+]. The summed E-state index contributed by atoms with van der Waals surface area (Å²) in [7, 11) is -4.67. The second-order valence-corrected chi connectivity index (χ2v) is 3.15. The van der Waals surface area contributed by atoms with Crippen LogP contribution in [-0.2, 0) is 15.3 Å². The van der Waals surface area contributed by atoms with Gasteiger partial charge in [-0.3, -0.25) is 9.11 Å². The van der Waals surface area contributed by atoms with Gasteiger partial charge in [0.2, 0.25) is 0 Å². The van der Waals surface area contributed by atoms with E-state index in [1.54, 1.807) is 0 Å². The molecule has 0 saturated carbocycles. The molecule has 1 rings (SSSR count). The van der Waals surface area contributed by atoms with Gasteiger partial charge < -0.3 is 6.31 Å². The molecule has 0 fully saturated rings. The van der Waals surface area contributed by atoms with Gasteiger partial charge in [0.15, 0.2) is 5.75 Å². The quantitative estimate of drug-likeness (QED) is 0.297. The first-order chi connectivity index (χ1) is 6.93. The average Bonchev–Trinajstić information content (AvgIpc) is 2.14. The molecule has 2 N–H and O–H groups in total. The Kier molecular flexibility index (Phi) is 11.4. The molecule has 8 heteroatoms. The van der Waals surface area contributed by atoms with Crippen LogP contribution in [0.4, 0.5) is 0 Å². The van der Waals surface area contributed by atoms with Gasteiger partial charge in [0.25, 0.3) is 0 Å². The summed E-state index contributed by atoms with van der Waals surface area (Å²) in [6.07, 6.45) is 0. The molecule has 1 aromatic carbocycles. The maximum absolute atomic E-state index is 8.74. The standard InChI is InChI=1S/C8H10O2.Na.H2O4S.H/c1-2-9-10-8-6-4-3-5-7-8;;1-5(2,3)4;/h3-7H,2H2,1H3;;(H2,1,2,3,4);/q;+1;;-1. The zero-order valence-corrected chi connectivity index (χ0v) is 11.8. The Morgan fingerprint density at radius 2 is 1.69 bits per heavy atom. The minimum Gasteiger partial charge on any atom is -1.00 e. The van der Waals surface area contributed by atoms with Gasteiger partial charge in [0.05, 0.1) is 6.61 Å². The van der Waals surface area contributed by atoms with Crippen molar-refractivity contribution in [1.82, 2.24) is 0 Å². The van der Waals surface area contributed by atoms with Gasteiger partial charge in [-0.1, -0.05) is 18.2 Å². The first-order valence-electron chi connectivity index (χ1n) is 3.98. The van der Waals surface area contributed by atoms with Crippen LogP contribution in [0.2, 0.25) is 0 Å². The summed E-state index contributed by atoms with van der Waals surface area (Å²) < 4.78 is 31.6. The summed E-state index contributed by atoms with van der Waals surface area (Å²) >= 11 is 0. The van der Waals surface area contributed by atoms with Crippen molar-refractivity contribution in [3.05, 3.63) is 30.3 Å². The molecule has 0 bridgehead atoms. The maximum Gasteiger partial charge on any atom is 1.00 e. The van der Waals surface area contributed by atoms with Crippen LogP contribution in [0.1, 0.15) is 8.35 Å². The van der Waals surface area contributed by atoms with Gasteiger partial charge in [0.1, 0.15) is 0 Å². The molecule has 6 nitrogen and oxygen atoms in total. The third-order valence-corrected chi connectivity index (χ3v) is 1.02. The molecule has 0 aromatic heterocycles. The van der Waals surface area contributed by atoms with Gasteiger partial charge in [-0.2, -0.15) is 13.3 Å². The Morgan fingerprint density at radius 1 is 1.25 bits per heavy atom. The molecule has 0 radical (unpaired) electrons. The van der Waals surface area contributed by atoms with E-state index in [1.165, 1.54) is 0 Å². The average molecular weight is 260 g/mol. The third-order valence-electron chi connectivity index (χ3n) is 1.02. The smallest absolute Gasteiger partial charge is 1.00 e. The molecule has 0 heterocycles. The van der Waals surface area contributed by atoms with Crippen molar-refractivity contribution in [3.63, 3.8) is 0 Å². The molecule has 1 aromatic rings. The van der Waals surface area contributed by atoms with Crippen molar-refractivity contribution in [2.24, 2.45) is 0 Å². The fraction of sp³-hybridized carbons (Fsp3) is 0.250. The number of benzene rings is 1. The second-order valence-electron chi connectivity index (χ2n) is 2.25. The van der Waals surface area contributed by atoms with E-state index in [-0.39, 0.29) is 31.0 Å². The van der Waals surface area contributed by atoms with E-state index in [2.05, 4.69) is 0 Å². The van der Waals surface area contributed by atoms with E-state index in [0.717, 1.165) is 5.75 Å². The van der Waals surface area contributed by atoms with Crippen LogP contribution >= 0.6 is 0 Å². The summed E-state index contributed by atoms with van der Waals surface area (Å²) in [6.45, 7) is 2.44. The Hall–Kier alpha value is -0.150. The monoisotopic (exact) mass is 260 g/mol. The van der Waals surface area contributed by atoms with E-state index < -0.39 is 10.4 Å². The summed E-state index contributed by atoms with van der Waals surface area (Å²) in [4.78, 5) is 9.57. The van der Waals surface area contributed by atoms with Gasteiger partial charge >= 0.3 is 40.0 Å². The van der Waals surface area contributed by atoms with E-state index >= 15 is 0 Å². The predicted octanol–water partition coefficient (Wildman–Crippen LogP) is -1.52. The van der Waals surface area contributed by atoms with Crippen molar-refractivity contribution in [2.45, 2.75) is 6.92 Å². The third kappa shape index (κ3) is 16.3. The molecule has 0 aliphatic rings. The minimum atomic E-state index is -4.67. The van der Waals surface area contributed by atoms with E-state index in [1.807, 2.05) is 37.3 Å². The molecular formula is C8H13NaO6S. The minimum absolute atomic E-state index is 0. The van der Waals surface area contributed by atoms with E-state index in [9.17, 15) is 0 Å². The summed E-state index contributed by atoms with van der Waals surface area (Å²) in [6, 6.07) is 9.41. The number of hydrogen-bond donors (Lipinski definition) is 2. The fourth-order valence-corrected chi connectivity index (χ4v) is 0.603. The molecule has 0 aliphatic carbocycles. The van der Waals surface area contributed by atoms with Crippen molar-refractivity contribution in [1.29, 1.82) is 0 Å². The fourth-order valence-electron chi connectivity index (χ4n) is 0.603. The molecule has 0 spiro atoms. The normalized spacial score (nSPS) is 9.44. The summed E-state index contributed by atoms with van der Waals surface area (Å²) in [5, 5.41) is 0. The van der Waals surface area contributed by atoms with Crippen LogP contribution in [0.3, 0.4) is 0 Å². The molecule has 16 heavy (non-hydrogen) atoms. The van der Waals surface area contributed by atoms with Crippen LogP contribution in [0.25, 0.3) is 0 Å². The summed E-state index contributed by atoms with van der Waals surface area (Å²) in [5.74, 6) is 0.740. The first-order valence-corrected chi connectivity index (χ1v) is 5.37. The van der Waals surface area contributed by atoms with Crippen LogP contribution in [0.5, 0.6) is 5.75 Å². The Balaban J connectivity index is -0.000000247. The van der Waals surface area contributed by atoms with E-state index in [4.69, 9.17) is 27.3 Å². The zero-order chi connectivity index (χ0) is 11.7. The van der Waals surface area contributed by atoms with Crippen molar-refractivity contribution >= 4 is 10.4 Å². The van der Waals surface area contributed by atoms with Crippen LogP contribution < -0.4 is 34.4 Å².